The third kappa shape index (κ3) is 8.42. The van der Waals surface area contributed by atoms with Gasteiger partial charge >= 0.3 is 6.03 Å². The van der Waals surface area contributed by atoms with Crippen LogP contribution in [0.2, 0.25) is 0 Å². The highest BCUT2D eigenvalue weighted by Gasteiger charge is 2.51. The fourth-order valence-corrected chi connectivity index (χ4v) is 7.44. The van der Waals surface area contributed by atoms with Crippen molar-refractivity contribution in [3.63, 3.8) is 0 Å². The Labute approximate surface area is 349 Å². The second kappa shape index (κ2) is 16.9. The summed E-state index contributed by atoms with van der Waals surface area (Å²) in [4.78, 5) is 62.2. The molecule has 0 atom stereocenters. The number of likely N-dealkylation sites (N-methyl/N-ethyl adjacent to an activating group) is 1. The van der Waals surface area contributed by atoms with Crippen molar-refractivity contribution in [2.45, 2.75) is 52.6 Å². The Morgan fingerprint density at radius 2 is 1.21 bits per heavy atom. The maximum Gasteiger partial charge on any atom is 0.320 e. The molecule has 0 bridgehead atoms. The van der Waals surface area contributed by atoms with Crippen LogP contribution in [0.1, 0.15) is 38.8 Å². The van der Waals surface area contributed by atoms with Crippen LogP contribution in [0.3, 0.4) is 0 Å². The zero-order valence-corrected chi connectivity index (χ0v) is 35.1. The third-order valence-corrected chi connectivity index (χ3v) is 10.3. The number of anilines is 6. The minimum atomic E-state index is -0.941. The number of rotatable bonds is 8. The summed E-state index contributed by atoms with van der Waals surface area (Å²) in [7, 11) is 3.86. The van der Waals surface area contributed by atoms with Crippen LogP contribution >= 0.6 is 24.4 Å². The van der Waals surface area contributed by atoms with Gasteiger partial charge in [0.05, 0.1) is 36.9 Å². The highest BCUT2D eigenvalue weighted by Crippen LogP contribution is 2.39. The Morgan fingerprint density at radius 3 is 1.59 bits per heavy atom. The van der Waals surface area contributed by atoms with Crippen molar-refractivity contribution >= 4 is 98.3 Å². The van der Waals surface area contributed by atoms with Gasteiger partial charge in [0.2, 0.25) is 0 Å². The summed E-state index contributed by atoms with van der Waals surface area (Å²) in [5.41, 5.74) is 9.12. The molecule has 2 aliphatic heterocycles. The smallest absolute Gasteiger partial charge is 0.320 e. The predicted molar refractivity (Wildman–Crippen MR) is 237 cm³/mol. The van der Waals surface area contributed by atoms with Gasteiger partial charge in [-0.2, -0.15) is 0 Å². The second-order valence-corrected chi connectivity index (χ2v) is 15.6. The number of nitrogen functional groups attached to an aromatic ring is 1. The number of hydrogen-bond donors (Lipinski definition) is 3. The Balaban J connectivity index is 0.000000229. The van der Waals surface area contributed by atoms with Crippen molar-refractivity contribution in [1.82, 2.24) is 20.2 Å². The monoisotopic (exact) mass is 816 g/mol. The lowest BCUT2D eigenvalue weighted by Gasteiger charge is -2.29. The average Bonchev–Trinajstić information content (AvgIpc) is 3.46. The molecule has 0 unspecified atom stereocenters. The van der Waals surface area contributed by atoms with E-state index in [1.54, 1.807) is 96.7 Å². The molecule has 2 aliphatic rings. The van der Waals surface area contributed by atoms with Gasteiger partial charge in [-0.15, -0.1) is 0 Å². The quantitative estimate of drug-likeness (QED) is 0.125. The Kier molecular flexibility index (Phi) is 12.4. The molecule has 58 heavy (non-hydrogen) atoms. The number of hydrogen-bond acceptors (Lipinski definition) is 9. The van der Waals surface area contributed by atoms with Crippen molar-refractivity contribution in [3.8, 4) is 0 Å². The largest absolute Gasteiger partial charge is 0.384 e. The first-order chi connectivity index (χ1) is 27.3. The molecular formula is C41H44N12O3S2. The highest BCUT2D eigenvalue weighted by atomic mass is 32.1. The van der Waals surface area contributed by atoms with Crippen molar-refractivity contribution in [2.24, 2.45) is 0 Å². The Bertz CT molecular complexity index is 2370. The molecule has 17 heteroatoms. The van der Waals surface area contributed by atoms with Crippen LogP contribution in [0.5, 0.6) is 0 Å². The third-order valence-electron chi connectivity index (χ3n) is 9.58. The van der Waals surface area contributed by atoms with Crippen LogP contribution < -0.4 is 36.0 Å². The second-order valence-electron chi connectivity index (χ2n) is 14.8. The molecule has 4 aromatic rings. The van der Waals surface area contributed by atoms with Gasteiger partial charge in [0.25, 0.3) is 11.8 Å². The van der Waals surface area contributed by atoms with E-state index in [0.717, 1.165) is 17.7 Å². The van der Waals surface area contributed by atoms with Gasteiger partial charge in [0, 0.05) is 24.5 Å². The van der Waals surface area contributed by atoms with Crippen molar-refractivity contribution in [1.29, 1.82) is 0 Å². The van der Waals surface area contributed by atoms with Gasteiger partial charge in [0.1, 0.15) is 22.7 Å². The van der Waals surface area contributed by atoms with Gasteiger partial charge in [0.15, 0.2) is 21.6 Å². The van der Waals surface area contributed by atoms with Gasteiger partial charge < -0.3 is 25.8 Å². The Morgan fingerprint density at radius 1 is 0.759 bits per heavy atom. The van der Waals surface area contributed by atoms with Crippen LogP contribution in [0.4, 0.5) is 50.6 Å². The van der Waals surface area contributed by atoms with E-state index < -0.39 is 11.1 Å². The fraction of sp³-hybridized carbons (Fsp3) is 0.293. The van der Waals surface area contributed by atoms with E-state index in [4.69, 9.17) is 43.3 Å². The van der Waals surface area contributed by atoms with Gasteiger partial charge in [-0.25, -0.2) is 24.5 Å². The van der Waals surface area contributed by atoms with Crippen molar-refractivity contribution in [2.75, 3.05) is 57.8 Å². The molecule has 4 heterocycles. The number of nitrogens with two attached hydrogens (primary N) is 1. The number of aryl methyl sites for hydroxylation is 2. The standard InChI is InChI=1S/C23H27N7O2S.C18H17N5OS/c1-15-13-16(7-9-18(15)24-4)29-20(31)23(2,3)30(22(29)33)17-8-10-19(26-14-17)27-21(32)25-11-12-28(5)6;1-11-9-12(5-7-14(11)20-4)22-16(24)18(2,3)23(17(22)25)13-6-8-15(19)21-10-13/h7-10,13-14H,11-12H2,1-3,5-6H3,(H2,25,26,27,32);5-10H,1-3H3,(H2,19,21). The summed E-state index contributed by atoms with van der Waals surface area (Å²) in [6, 6.07) is 17.0. The number of pyridine rings is 2. The number of nitrogens with one attached hydrogen (secondary N) is 2. The number of thiocarbonyl (C=S) groups is 2. The first-order valence-corrected chi connectivity index (χ1v) is 18.9. The number of urea groups is 1. The minimum Gasteiger partial charge on any atom is -0.384 e. The zero-order valence-electron chi connectivity index (χ0n) is 33.5. The van der Waals surface area contributed by atoms with E-state index in [2.05, 4.69) is 30.3 Å². The summed E-state index contributed by atoms with van der Waals surface area (Å²) < 4.78 is 0. The molecule has 6 rings (SSSR count). The first kappa shape index (κ1) is 42.6. The van der Waals surface area contributed by atoms with Crippen LogP contribution in [0.15, 0.2) is 73.1 Å². The van der Waals surface area contributed by atoms with E-state index in [-0.39, 0.29) is 17.8 Å². The molecule has 4 N–H and O–H groups in total. The number of aromatic nitrogens is 2. The number of nitrogens with zero attached hydrogens (tertiary/aromatic N) is 9. The predicted octanol–water partition coefficient (Wildman–Crippen LogP) is 6.98. The summed E-state index contributed by atoms with van der Waals surface area (Å²) in [5, 5.41) is 6.15. The normalized spacial score (nSPS) is 15.6. The van der Waals surface area contributed by atoms with E-state index in [0.29, 0.717) is 62.5 Å². The van der Waals surface area contributed by atoms with Crippen LogP contribution in [-0.2, 0) is 9.59 Å². The van der Waals surface area contributed by atoms with Crippen molar-refractivity contribution < 1.29 is 14.4 Å². The lowest BCUT2D eigenvalue weighted by molar-refractivity contribution is -0.121. The SMILES string of the molecule is [C-]#[N+]c1ccc(N2C(=O)C(C)(C)N(c3ccc(N)nc3)C2=S)cc1C.[C-]#[N+]c1ccc(N2C(=O)C(C)(C)N(c3ccc(NC(=O)NCCN(C)C)nc3)C2=S)cc1C. The molecule has 15 nitrogen and oxygen atoms in total. The lowest BCUT2D eigenvalue weighted by Crippen LogP contribution is -2.44. The molecular weight excluding hydrogens is 773 g/mol. The molecule has 0 saturated carbocycles. The van der Waals surface area contributed by atoms with E-state index >= 15 is 0 Å². The van der Waals surface area contributed by atoms with E-state index in [9.17, 15) is 14.4 Å². The lowest BCUT2D eigenvalue weighted by atomic mass is 10.0. The molecule has 2 aromatic heterocycles. The van der Waals surface area contributed by atoms with Crippen molar-refractivity contribution in [3.05, 3.63) is 107 Å². The topological polar surface area (TPSA) is 152 Å². The molecule has 2 aromatic carbocycles. The number of amides is 4. The molecule has 4 amide bonds. The minimum absolute atomic E-state index is 0.135. The van der Waals surface area contributed by atoms with Gasteiger partial charge in [-0.3, -0.25) is 24.7 Å². The van der Waals surface area contributed by atoms with Gasteiger partial charge in [-0.05, 0) is 140 Å². The zero-order chi connectivity index (χ0) is 42.7. The highest BCUT2D eigenvalue weighted by molar-refractivity contribution is 7.81. The molecule has 0 aliphatic carbocycles. The van der Waals surface area contributed by atoms with Crippen LogP contribution in [0.25, 0.3) is 9.69 Å². The fourth-order valence-electron chi connectivity index (χ4n) is 6.40. The van der Waals surface area contributed by atoms with E-state index in [1.165, 1.54) is 9.80 Å². The Hall–Kier alpha value is -6.53. The molecule has 2 saturated heterocycles. The first-order valence-electron chi connectivity index (χ1n) is 18.0. The van der Waals surface area contributed by atoms with Crippen LogP contribution in [-0.4, -0.2) is 81.2 Å². The summed E-state index contributed by atoms with van der Waals surface area (Å²) in [5.74, 6) is 0.479. The van der Waals surface area contributed by atoms with Crippen LogP contribution in [0, 0.1) is 27.0 Å². The van der Waals surface area contributed by atoms with Gasteiger partial charge in [-0.1, -0.05) is 12.1 Å². The summed E-state index contributed by atoms with van der Waals surface area (Å²) in [6.45, 7) is 26.5. The van der Waals surface area contributed by atoms with E-state index in [1.807, 2.05) is 46.7 Å². The summed E-state index contributed by atoms with van der Waals surface area (Å²) >= 11 is 11.3. The number of carbonyl (C=O) groups excluding carboxylic acids is 3. The maximum absolute atomic E-state index is 13.3. The maximum atomic E-state index is 13.3. The molecule has 2 fully saturated rings. The number of carbonyl (C=O) groups is 3. The number of benzene rings is 2. The molecule has 0 spiro atoms. The molecule has 0 radical (unpaired) electrons. The summed E-state index contributed by atoms with van der Waals surface area (Å²) in [6.07, 6.45) is 3.18. The molecule has 298 valence electrons. The average molecular weight is 817 g/mol.